The second kappa shape index (κ2) is 8.94. The largest absolute Gasteiger partial charge is 0.545 e. The fourth-order valence-corrected chi connectivity index (χ4v) is 3.56. The number of benzene rings is 2. The third-order valence-electron chi connectivity index (χ3n) is 3.48. The molecule has 146 valence electrons. The van der Waals surface area contributed by atoms with E-state index in [1.165, 1.54) is 50.6 Å². The molecule has 27 heavy (non-hydrogen) atoms. The van der Waals surface area contributed by atoms with E-state index in [0.29, 0.717) is 5.75 Å². The van der Waals surface area contributed by atoms with Crippen LogP contribution in [0, 0.1) is 0 Å². The van der Waals surface area contributed by atoms with Crippen LogP contribution < -0.4 is 24.0 Å². The maximum absolute atomic E-state index is 12.5. The summed E-state index contributed by atoms with van der Waals surface area (Å²) in [6.07, 6.45) is 0. The Kier molecular flexibility index (Phi) is 6.89. The maximum Gasteiger partial charge on any atom is 0.244 e. The Balaban J connectivity index is 2.01. The number of hydrogen-bond acceptors (Lipinski definition) is 7. The molecule has 0 bridgehead atoms. The van der Waals surface area contributed by atoms with Gasteiger partial charge < -0.3 is 24.1 Å². The SMILES string of the molecule is COc1cc(S(=O)(=O)NCCOc2ccc(C(=O)[O-])cc2)c(OC)cc1Cl. The minimum atomic E-state index is -3.90. The fourth-order valence-electron chi connectivity index (χ4n) is 2.15. The first-order valence-corrected chi connectivity index (χ1v) is 9.50. The van der Waals surface area contributed by atoms with Crippen LogP contribution in [0.1, 0.15) is 10.4 Å². The number of carbonyl (C=O) groups is 1. The van der Waals surface area contributed by atoms with Gasteiger partial charge in [-0.05, 0) is 29.8 Å². The van der Waals surface area contributed by atoms with Crippen molar-refractivity contribution in [2.75, 3.05) is 27.4 Å². The Labute approximate surface area is 161 Å². The predicted molar refractivity (Wildman–Crippen MR) is 96.0 cm³/mol. The third-order valence-corrected chi connectivity index (χ3v) is 5.26. The van der Waals surface area contributed by atoms with Crippen LogP contribution in [0.2, 0.25) is 5.02 Å². The zero-order chi connectivity index (χ0) is 20.0. The molecule has 0 heterocycles. The Bertz CT molecular complexity index is 914. The summed E-state index contributed by atoms with van der Waals surface area (Å²) in [6.45, 7) is -0.00436. The molecule has 0 aliphatic heterocycles. The van der Waals surface area contributed by atoms with Crippen LogP contribution in [-0.4, -0.2) is 41.8 Å². The molecule has 0 saturated carbocycles. The average Bonchev–Trinajstić information content (AvgIpc) is 2.65. The van der Waals surface area contributed by atoms with Crippen molar-refractivity contribution < 1.29 is 32.5 Å². The molecule has 0 spiro atoms. The van der Waals surface area contributed by atoms with Gasteiger partial charge in [-0.2, -0.15) is 0 Å². The molecule has 0 atom stereocenters. The first-order chi connectivity index (χ1) is 12.8. The number of halogens is 1. The fraction of sp³-hybridized carbons (Fsp3) is 0.235. The summed E-state index contributed by atoms with van der Waals surface area (Å²) < 4.78 is 42.9. The van der Waals surface area contributed by atoms with Crippen molar-refractivity contribution in [1.29, 1.82) is 0 Å². The molecule has 0 fully saturated rings. The van der Waals surface area contributed by atoms with Gasteiger partial charge in [0.15, 0.2) is 0 Å². The number of ether oxygens (including phenoxy) is 3. The van der Waals surface area contributed by atoms with Crippen molar-refractivity contribution in [2.24, 2.45) is 0 Å². The van der Waals surface area contributed by atoms with Gasteiger partial charge in [0.1, 0.15) is 28.8 Å². The Morgan fingerprint density at radius 3 is 2.30 bits per heavy atom. The van der Waals surface area contributed by atoms with Gasteiger partial charge in [-0.1, -0.05) is 11.6 Å². The van der Waals surface area contributed by atoms with Crippen LogP contribution in [0.25, 0.3) is 0 Å². The van der Waals surface area contributed by atoms with Crippen molar-refractivity contribution in [3.8, 4) is 17.2 Å². The molecule has 2 rings (SSSR count). The van der Waals surface area contributed by atoms with Crippen LogP contribution in [-0.2, 0) is 10.0 Å². The van der Waals surface area contributed by atoms with E-state index < -0.39 is 16.0 Å². The number of carboxylic acids is 1. The predicted octanol–water partition coefficient (Wildman–Crippen LogP) is 1.08. The van der Waals surface area contributed by atoms with E-state index in [2.05, 4.69) is 4.72 Å². The molecule has 8 nitrogen and oxygen atoms in total. The second-order valence-corrected chi connectivity index (χ2v) is 7.34. The molecular formula is C17H17ClNO7S-. The van der Waals surface area contributed by atoms with Gasteiger partial charge in [0.05, 0.1) is 25.2 Å². The topological polar surface area (TPSA) is 114 Å². The van der Waals surface area contributed by atoms with E-state index in [0.717, 1.165) is 0 Å². The number of sulfonamides is 1. The highest BCUT2D eigenvalue weighted by Gasteiger charge is 2.22. The molecule has 0 saturated heterocycles. The zero-order valence-electron chi connectivity index (χ0n) is 14.5. The van der Waals surface area contributed by atoms with Crippen molar-refractivity contribution >= 4 is 27.6 Å². The Morgan fingerprint density at radius 2 is 1.74 bits per heavy atom. The average molecular weight is 415 g/mol. The number of hydrogen-bond donors (Lipinski definition) is 1. The van der Waals surface area contributed by atoms with Crippen LogP contribution in [0.15, 0.2) is 41.3 Å². The van der Waals surface area contributed by atoms with Crippen molar-refractivity contribution in [1.82, 2.24) is 4.72 Å². The highest BCUT2D eigenvalue weighted by atomic mass is 35.5. The van der Waals surface area contributed by atoms with E-state index in [9.17, 15) is 18.3 Å². The number of rotatable bonds is 9. The van der Waals surface area contributed by atoms with E-state index in [1.54, 1.807) is 0 Å². The smallest absolute Gasteiger partial charge is 0.244 e. The molecule has 0 aliphatic carbocycles. The van der Waals surface area contributed by atoms with E-state index in [4.69, 9.17) is 25.8 Å². The molecule has 0 aliphatic rings. The number of nitrogens with one attached hydrogen (secondary N) is 1. The summed E-state index contributed by atoms with van der Waals surface area (Å²) in [5.74, 6) is -0.624. The minimum absolute atomic E-state index is 0.0202. The highest BCUT2D eigenvalue weighted by Crippen LogP contribution is 2.34. The number of aromatic carboxylic acids is 1. The summed E-state index contributed by atoms with van der Waals surface area (Å²) in [6, 6.07) is 8.19. The number of carbonyl (C=O) groups excluding carboxylic acids is 1. The first-order valence-electron chi connectivity index (χ1n) is 7.64. The summed E-state index contributed by atoms with van der Waals surface area (Å²) in [5, 5.41) is 10.9. The molecular weight excluding hydrogens is 398 g/mol. The van der Waals surface area contributed by atoms with Crippen LogP contribution in [0.3, 0.4) is 0 Å². The molecule has 0 radical (unpaired) electrons. The molecule has 0 aromatic heterocycles. The summed E-state index contributed by atoms with van der Waals surface area (Å²) in [5.41, 5.74) is 0.0202. The molecule has 1 N–H and O–H groups in total. The lowest BCUT2D eigenvalue weighted by molar-refractivity contribution is -0.255. The number of methoxy groups -OCH3 is 2. The molecule has 0 unspecified atom stereocenters. The summed E-state index contributed by atoms with van der Waals surface area (Å²) in [4.78, 5) is 10.6. The van der Waals surface area contributed by atoms with Gasteiger partial charge in [0, 0.05) is 18.7 Å². The Hall–Kier alpha value is -2.49. The van der Waals surface area contributed by atoms with Crippen molar-refractivity contribution in [3.63, 3.8) is 0 Å². The maximum atomic E-state index is 12.5. The van der Waals surface area contributed by atoms with Gasteiger partial charge in [-0.15, -0.1) is 0 Å². The van der Waals surface area contributed by atoms with Crippen LogP contribution >= 0.6 is 11.6 Å². The van der Waals surface area contributed by atoms with E-state index in [-0.39, 0.29) is 40.1 Å². The van der Waals surface area contributed by atoms with E-state index >= 15 is 0 Å². The number of carboxylic acid groups (broad SMARTS) is 1. The molecule has 0 amide bonds. The standard InChI is InChI=1S/C17H18ClNO7S/c1-24-14-10-16(15(25-2)9-13(14)18)27(22,23)19-7-8-26-12-5-3-11(4-6-12)17(20)21/h3-6,9-10,19H,7-8H2,1-2H3,(H,20,21)/p-1. The monoisotopic (exact) mass is 414 g/mol. The summed E-state index contributed by atoms with van der Waals surface area (Å²) >= 11 is 5.97. The van der Waals surface area contributed by atoms with Gasteiger partial charge in [0.2, 0.25) is 10.0 Å². The summed E-state index contributed by atoms with van der Waals surface area (Å²) in [7, 11) is -1.20. The van der Waals surface area contributed by atoms with Gasteiger partial charge in [-0.3, -0.25) is 0 Å². The lowest BCUT2D eigenvalue weighted by Crippen LogP contribution is -2.28. The molecule has 10 heteroatoms. The van der Waals surface area contributed by atoms with E-state index in [1.807, 2.05) is 0 Å². The zero-order valence-corrected chi connectivity index (χ0v) is 16.1. The van der Waals surface area contributed by atoms with Crippen molar-refractivity contribution in [2.45, 2.75) is 4.90 Å². The van der Waals surface area contributed by atoms with Crippen molar-refractivity contribution in [3.05, 3.63) is 47.0 Å². The Morgan fingerprint density at radius 1 is 1.11 bits per heavy atom. The third kappa shape index (κ3) is 5.25. The van der Waals surface area contributed by atoms with Gasteiger partial charge in [0.25, 0.3) is 0 Å². The minimum Gasteiger partial charge on any atom is -0.545 e. The first kappa shape index (κ1) is 20.8. The lowest BCUT2D eigenvalue weighted by Gasteiger charge is -2.13. The van der Waals surface area contributed by atoms with Gasteiger partial charge >= 0.3 is 0 Å². The van der Waals surface area contributed by atoms with Gasteiger partial charge in [-0.25, -0.2) is 13.1 Å². The quantitative estimate of drug-likeness (QED) is 0.610. The lowest BCUT2D eigenvalue weighted by atomic mass is 10.2. The molecule has 2 aromatic carbocycles. The van der Waals surface area contributed by atoms with Crippen LogP contribution in [0.5, 0.6) is 17.2 Å². The normalized spacial score (nSPS) is 11.1. The second-order valence-electron chi connectivity index (χ2n) is 5.20. The van der Waals surface area contributed by atoms with Crippen LogP contribution in [0.4, 0.5) is 0 Å². The molecule has 2 aromatic rings. The highest BCUT2D eigenvalue weighted by molar-refractivity contribution is 7.89.